The summed E-state index contributed by atoms with van der Waals surface area (Å²) in [5.74, 6) is 0.125. The van der Waals surface area contributed by atoms with Crippen molar-refractivity contribution in [1.29, 1.82) is 0 Å². The lowest BCUT2D eigenvalue weighted by atomic mass is 9.91. The maximum Gasteiger partial charge on any atom is 0.156 e. The summed E-state index contributed by atoms with van der Waals surface area (Å²) in [6.07, 6.45) is 6.39. The van der Waals surface area contributed by atoms with E-state index < -0.39 is 0 Å². The van der Waals surface area contributed by atoms with E-state index in [9.17, 15) is 4.79 Å². The number of nitrogens with one attached hydrogen (secondary N) is 1. The molecule has 1 rings (SSSR count). The van der Waals surface area contributed by atoms with Gasteiger partial charge < -0.3 is 5.32 Å². The van der Waals surface area contributed by atoms with Crippen LogP contribution in [0.25, 0.3) is 0 Å². The molecule has 0 radical (unpaired) electrons. The zero-order chi connectivity index (χ0) is 12.3. The number of halogens is 2. The molecule has 0 aromatic carbocycles. The van der Waals surface area contributed by atoms with Crippen molar-refractivity contribution in [1.82, 2.24) is 5.32 Å². The van der Waals surface area contributed by atoms with Crippen LogP contribution in [0.1, 0.15) is 34.1 Å². The molecule has 4 heteroatoms. The van der Waals surface area contributed by atoms with Gasteiger partial charge in [-0.05, 0) is 40.2 Å². The van der Waals surface area contributed by atoms with E-state index in [-0.39, 0.29) is 35.7 Å². The fourth-order valence-electron chi connectivity index (χ4n) is 1.88. The zero-order valence-electron chi connectivity index (χ0n) is 10.8. The Morgan fingerprint density at radius 3 is 2.59 bits per heavy atom. The second kappa shape index (κ2) is 6.58. The fourth-order valence-corrected chi connectivity index (χ4v) is 2.12. The number of carbonyl (C=O) groups is 1. The number of hydrogen-bond donors (Lipinski definition) is 1. The van der Waals surface area contributed by atoms with E-state index in [4.69, 9.17) is 11.6 Å². The lowest BCUT2D eigenvalue weighted by Gasteiger charge is -2.27. The molecule has 0 bridgehead atoms. The first kappa shape index (κ1) is 16.7. The highest BCUT2D eigenvalue weighted by Crippen LogP contribution is 2.21. The van der Waals surface area contributed by atoms with Crippen LogP contribution in [-0.2, 0) is 4.79 Å². The first-order valence-electron chi connectivity index (χ1n) is 5.65. The predicted molar refractivity (Wildman–Crippen MR) is 75.8 cm³/mol. The summed E-state index contributed by atoms with van der Waals surface area (Å²) in [7, 11) is 0. The molecule has 0 saturated heterocycles. The Kier molecular flexibility index (Phi) is 6.46. The molecule has 0 fully saturated rings. The maximum atomic E-state index is 12.1. The summed E-state index contributed by atoms with van der Waals surface area (Å²) >= 11 is 5.89. The topological polar surface area (TPSA) is 29.1 Å². The van der Waals surface area contributed by atoms with Crippen LogP contribution in [0, 0.1) is 5.92 Å². The molecule has 0 aromatic heterocycles. The minimum absolute atomic E-state index is 0. The molecule has 0 spiro atoms. The second-order valence-electron chi connectivity index (χ2n) is 5.31. The van der Waals surface area contributed by atoms with Crippen molar-refractivity contribution in [2.24, 2.45) is 5.92 Å². The summed E-state index contributed by atoms with van der Waals surface area (Å²) < 4.78 is 0. The van der Waals surface area contributed by atoms with Gasteiger partial charge in [-0.25, -0.2) is 0 Å². The standard InChI is InChI=1S/C13H20ClNO.ClH/c1-9(15-13(2,3)4)12(16)10-6-5-7-11(14)8-10;/h5,7-10,15H,6H2,1-4H3;1H/t9-,10-;/m1./s1. The van der Waals surface area contributed by atoms with Crippen LogP contribution in [-0.4, -0.2) is 17.4 Å². The van der Waals surface area contributed by atoms with Crippen molar-refractivity contribution >= 4 is 29.8 Å². The number of hydrogen-bond acceptors (Lipinski definition) is 2. The number of carbonyl (C=O) groups excluding carboxylic acids is 1. The number of rotatable bonds is 3. The zero-order valence-corrected chi connectivity index (χ0v) is 12.4. The van der Waals surface area contributed by atoms with Crippen molar-refractivity contribution in [3.05, 3.63) is 23.3 Å². The van der Waals surface area contributed by atoms with Gasteiger partial charge in [-0.3, -0.25) is 4.79 Å². The number of allylic oxidation sites excluding steroid dienone is 4. The molecule has 0 aliphatic heterocycles. The SMILES string of the molecule is C[C@@H](NC(C)(C)C)C(=O)[C@H]1C=C(Cl)C=CC1.Cl. The molecular formula is C13H21Cl2NO. The highest BCUT2D eigenvalue weighted by molar-refractivity contribution is 6.31. The van der Waals surface area contributed by atoms with Gasteiger partial charge in [0.2, 0.25) is 0 Å². The van der Waals surface area contributed by atoms with Gasteiger partial charge in [0.05, 0.1) is 6.04 Å². The molecule has 0 heterocycles. The molecule has 0 unspecified atom stereocenters. The smallest absolute Gasteiger partial charge is 0.156 e. The average Bonchev–Trinajstić information content (AvgIpc) is 2.14. The van der Waals surface area contributed by atoms with Gasteiger partial charge in [-0.15, -0.1) is 12.4 Å². The van der Waals surface area contributed by atoms with E-state index in [0.29, 0.717) is 5.03 Å². The predicted octanol–water partition coefficient (Wildman–Crippen LogP) is 3.45. The third-order valence-electron chi connectivity index (χ3n) is 2.47. The quantitative estimate of drug-likeness (QED) is 0.856. The Morgan fingerprint density at radius 1 is 1.53 bits per heavy atom. The molecule has 1 aliphatic carbocycles. The average molecular weight is 278 g/mol. The molecule has 0 saturated carbocycles. The van der Waals surface area contributed by atoms with Gasteiger partial charge in [0.25, 0.3) is 0 Å². The van der Waals surface area contributed by atoms with Crippen LogP contribution >= 0.6 is 24.0 Å². The Labute approximate surface area is 115 Å². The minimum Gasteiger partial charge on any atom is -0.303 e. The van der Waals surface area contributed by atoms with Gasteiger partial charge >= 0.3 is 0 Å². The van der Waals surface area contributed by atoms with E-state index in [1.807, 2.05) is 25.2 Å². The Morgan fingerprint density at radius 2 is 2.12 bits per heavy atom. The van der Waals surface area contributed by atoms with Gasteiger partial charge in [0.15, 0.2) is 5.78 Å². The first-order valence-corrected chi connectivity index (χ1v) is 6.02. The molecule has 1 N–H and O–H groups in total. The molecule has 2 nitrogen and oxygen atoms in total. The normalized spacial score (nSPS) is 21.5. The van der Waals surface area contributed by atoms with Gasteiger partial charge in [-0.1, -0.05) is 23.8 Å². The molecule has 2 atom stereocenters. The van der Waals surface area contributed by atoms with Gasteiger partial charge in [0.1, 0.15) is 0 Å². The van der Waals surface area contributed by atoms with Crippen molar-refractivity contribution in [2.45, 2.75) is 45.7 Å². The van der Waals surface area contributed by atoms with E-state index in [0.717, 1.165) is 6.42 Å². The Bertz CT molecular complexity index is 329. The van der Waals surface area contributed by atoms with Crippen LogP contribution in [0.15, 0.2) is 23.3 Å². The van der Waals surface area contributed by atoms with Crippen molar-refractivity contribution < 1.29 is 4.79 Å². The van der Waals surface area contributed by atoms with Crippen LogP contribution < -0.4 is 5.32 Å². The van der Waals surface area contributed by atoms with E-state index in [2.05, 4.69) is 26.1 Å². The van der Waals surface area contributed by atoms with Crippen LogP contribution in [0.5, 0.6) is 0 Å². The Balaban J connectivity index is 0.00000256. The third kappa shape index (κ3) is 5.71. The Hall–Kier alpha value is -0.310. The summed E-state index contributed by atoms with van der Waals surface area (Å²) in [5, 5.41) is 3.94. The van der Waals surface area contributed by atoms with Crippen LogP contribution in [0.3, 0.4) is 0 Å². The van der Waals surface area contributed by atoms with Crippen molar-refractivity contribution in [3.8, 4) is 0 Å². The lowest BCUT2D eigenvalue weighted by molar-refractivity contribution is -0.123. The number of Topliss-reactive ketones (excluding diaryl/α,β-unsaturated/α-hetero) is 1. The highest BCUT2D eigenvalue weighted by atomic mass is 35.5. The van der Waals surface area contributed by atoms with Crippen LogP contribution in [0.2, 0.25) is 0 Å². The van der Waals surface area contributed by atoms with E-state index in [1.54, 1.807) is 0 Å². The molecular weight excluding hydrogens is 257 g/mol. The monoisotopic (exact) mass is 277 g/mol. The minimum atomic E-state index is -0.141. The van der Waals surface area contributed by atoms with E-state index >= 15 is 0 Å². The number of ketones is 1. The van der Waals surface area contributed by atoms with Gasteiger partial charge in [-0.2, -0.15) is 0 Å². The molecule has 0 amide bonds. The van der Waals surface area contributed by atoms with Crippen LogP contribution in [0.4, 0.5) is 0 Å². The van der Waals surface area contributed by atoms with Gasteiger partial charge in [0, 0.05) is 16.5 Å². The third-order valence-corrected chi connectivity index (χ3v) is 2.72. The molecule has 98 valence electrons. The molecule has 17 heavy (non-hydrogen) atoms. The molecule has 0 aromatic rings. The summed E-state index contributed by atoms with van der Waals surface area (Å²) in [6, 6.07) is -0.141. The summed E-state index contributed by atoms with van der Waals surface area (Å²) in [4.78, 5) is 12.1. The maximum absolute atomic E-state index is 12.1. The molecule has 1 aliphatic rings. The lowest BCUT2D eigenvalue weighted by Crippen LogP contribution is -2.47. The first-order chi connectivity index (χ1) is 7.29. The highest BCUT2D eigenvalue weighted by Gasteiger charge is 2.25. The van der Waals surface area contributed by atoms with Crippen molar-refractivity contribution in [2.75, 3.05) is 0 Å². The largest absolute Gasteiger partial charge is 0.303 e. The summed E-state index contributed by atoms with van der Waals surface area (Å²) in [6.45, 7) is 8.08. The fraction of sp³-hybridized carbons (Fsp3) is 0.615. The van der Waals surface area contributed by atoms with Crippen molar-refractivity contribution in [3.63, 3.8) is 0 Å². The summed E-state index contributed by atoms with van der Waals surface area (Å²) in [5.41, 5.74) is -0.0485. The second-order valence-corrected chi connectivity index (χ2v) is 5.75. The van der Waals surface area contributed by atoms with E-state index in [1.165, 1.54) is 0 Å².